The number of ketones is 1. The minimum atomic E-state index is -0.124. The van der Waals surface area contributed by atoms with Crippen molar-refractivity contribution in [3.63, 3.8) is 0 Å². The number of furan rings is 1. The molecule has 76 valence electrons. The molecule has 2 heterocycles. The minimum Gasteiger partial charge on any atom is -0.442 e. The van der Waals surface area contributed by atoms with Crippen LogP contribution in [0.4, 0.5) is 0 Å². The van der Waals surface area contributed by atoms with Gasteiger partial charge in [0.1, 0.15) is 0 Å². The summed E-state index contributed by atoms with van der Waals surface area (Å²) >= 11 is 5.57. The third-order valence-electron chi connectivity index (χ3n) is 1.92. The predicted molar refractivity (Wildman–Crippen MR) is 56.0 cm³/mol. The number of carbonyl (C=O) groups excluding carboxylic acids is 1. The summed E-state index contributed by atoms with van der Waals surface area (Å²) in [6.45, 7) is 0. The average molecular weight is 222 g/mol. The van der Waals surface area contributed by atoms with Crippen molar-refractivity contribution in [3.05, 3.63) is 53.2 Å². The first-order chi connectivity index (χ1) is 7.25. The topological polar surface area (TPSA) is 43.1 Å². The third-order valence-corrected chi connectivity index (χ3v) is 2.12. The minimum absolute atomic E-state index is 0.124. The van der Waals surface area contributed by atoms with Gasteiger partial charge in [0.2, 0.25) is 5.78 Å². The Labute approximate surface area is 91.7 Å². The summed E-state index contributed by atoms with van der Waals surface area (Å²) in [7, 11) is 0. The molecule has 2 aromatic rings. The Morgan fingerprint density at radius 3 is 2.80 bits per heavy atom. The standard InChI is InChI=1S/C11H8ClNO2/c12-11-5-4-10(15-11)9(14)7-8-3-1-2-6-13-8/h1-6H,7H2. The second-order valence-corrected chi connectivity index (χ2v) is 3.40. The molecular formula is C11H8ClNO2. The van der Waals surface area contributed by atoms with Crippen molar-refractivity contribution in [1.82, 2.24) is 4.98 Å². The van der Waals surface area contributed by atoms with Gasteiger partial charge in [-0.05, 0) is 35.9 Å². The van der Waals surface area contributed by atoms with Crippen molar-refractivity contribution >= 4 is 17.4 Å². The smallest absolute Gasteiger partial charge is 0.203 e. The van der Waals surface area contributed by atoms with Crippen LogP contribution >= 0.6 is 11.6 Å². The number of aromatic nitrogens is 1. The van der Waals surface area contributed by atoms with E-state index in [1.54, 1.807) is 30.5 Å². The van der Waals surface area contributed by atoms with Crippen molar-refractivity contribution in [1.29, 1.82) is 0 Å². The number of hydrogen-bond donors (Lipinski definition) is 0. The monoisotopic (exact) mass is 221 g/mol. The van der Waals surface area contributed by atoms with Gasteiger partial charge < -0.3 is 4.42 Å². The van der Waals surface area contributed by atoms with Gasteiger partial charge in [0.05, 0.1) is 6.42 Å². The molecule has 0 aliphatic rings. The number of hydrogen-bond acceptors (Lipinski definition) is 3. The second-order valence-electron chi connectivity index (χ2n) is 3.02. The highest BCUT2D eigenvalue weighted by Crippen LogP contribution is 2.14. The van der Waals surface area contributed by atoms with Gasteiger partial charge in [-0.2, -0.15) is 0 Å². The van der Waals surface area contributed by atoms with E-state index in [1.165, 1.54) is 0 Å². The van der Waals surface area contributed by atoms with Gasteiger partial charge in [0.15, 0.2) is 11.0 Å². The van der Waals surface area contributed by atoms with E-state index < -0.39 is 0 Å². The van der Waals surface area contributed by atoms with Gasteiger partial charge in [0, 0.05) is 11.9 Å². The SMILES string of the molecule is O=C(Cc1ccccn1)c1ccc(Cl)o1. The van der Waals surface area contributed by atoms with Crippen LogP contribution in [0.25, 0.3) is 0 Å². The first-order valence-corrected chi connectivity index (χ1v) is 4.82. The quantitative estimate of drug-likeness (QED) is 0.749. The number of carbonyl (C=O) groups is 1. The molecule has 4 heteroatoms. The number of Topliss-reactive ketones (excluding diaryl/α,β-unsaturated/α-hetero) is 1. The Kier molecular flexibility index (Phi) is 2.83. The summed E-state index contributed by atoms with van der Waals surface area (Å²) in [5.41, 5.74) is 0.718. The van der Waals surface area contributed by atoms with Crippen molar-refractivity contribution in [2.45, 2.75) is 6.42 Å². The molecule has 0 saturated heterocycles. The van der Waals surface area contributed by atoms with E-state index in [4.69, 9.17) is 16.0 Å². The van der Waals surface area contributed by atoms with E-state index in [9.17, 15) is 4.79 Å². The lowest BCUT2D eigenvalue weighted by Crippen LogP contribution is -2.03. The molecule has 0 radical (unpaired) electrons. The molecule has 0 aliphatic carbocycles. The molecule has 15 heavy (non-hydrogen) atoms. The molecule has 2 rings (SSSR count). The molecular weight excluding hydrogens is 214 g/mol. The molecule has 0 atom stereocenters. The molecule has 3 nitrogen and oxygen atoms in total. The normalized spacial score (nSPS) is 10.2. The number of rotatable bonds is 3. The van der Waals surface area contributed by atoms with Crippen molar-refractivity contribution in [2.75, 3.05) is 0 Å². The Bertz CT molecular complexity index is 464. The fraction of sp³-hybridized carbons (Fsp3) is 0.0909. The first-order valence-electron chi connectivity index (χ1n) is 4.44. The largest absolute Gasteiger partial charge is 0.442 e. The van der Waals surface area contributed by atoms with Crippen LogP contribution in [-0.4, -0.2) is 10.8 Å². The molecule has 0 unspecified atom stereocenters. The molecule has 0 N–H and O–H groups in total. The molecule has 0 amide bonds. The fourth-order valence-electron chi connectivity index (χ4n) is 1.22. The first kappa shape index (κ1) is 9.93. The average Bonchev–Trinajstić information content (AvgIpc) is 2.66. The maximum absolute atomic E-state index is 11.6. The number of halogens is 1. The second kappa shape index (κ2) is 4.28. The van der Waals surface area contributed by atoms with Crippen LogP contribution in [0.3, 0.4) is 0 Å². The summed E-state index contributed by atoms with van der Waals surface area (Å²) < 4.78 is 5.01. The van der Waals surface area contributed by atoms with E-state index in [-0.39, 0.29) is 23.2 Å². The van der Waals surface area contributed by atoms with E-state index >= 15 is 0 Å². The van der Waals surface area contributed by atoms with Gasteiger partial charge >= 0.3 is 0 Å². The molecule has 0 aliphatic heterocycles. The van der Waals surface area contributed by atoms with Crippen LogP contribution in [0.15, 0.2) is 40.9 Å². The zero-order valence-electron chi connectivity index (χ0n) is 7.81. The summed E-state index contributed by atoms with van der Waals surface area (Å²) in [6, 6.07) is 8.55. The Morgan fingerprint density at radius 1 is 1.33 bits per heavy atom. The van der Waals surface area contributed by atoms with Gasteiger partial charge in [-0.25, -0.2) is 0 Å². The molecule has 0 fully saturated rings. The maximum atomic E-state index is 11.6. The van der Waals surface area contributed by atoms with E-state index in [0.717, 1.165) is 5.69 Å². The summed E-state index contributed by atoms with van der Waals surface area (Å²) in [5, 5.41) is 0.222. The fourth-order valence-corrected chi connectivity index (χ4v) is 1.36. The van der Waals surface area contributed by atoms with Crippen LogP contribution in [0.2, 0.25) is 5.22 Å². The van der Waals surface area contributed by atoms with Crippen molar-refractivity contribution in [3.8, 4) is 0 Å². The van der Waals surface area contributed by atoms with E-state index in [0.29, 0.717) is 0 Å². The van der Waals surface area contributed by atoms with Gasteiger partial charge in [-0.1, -0.05) is 6.07 Å². The summed E-state index contributed by atoms with van der Waals surface area (Å²) in [6.07, 6.45) is 1.88. The van der Waals surface area contributed by atoms with Crippen LogP contribution < -0.4 is 0 Å². The van der Waals surface area contributed by atoms with Crippen LogP contribution in [-0.2, 0) is 6.42 Å². The lowest BCUT2D eigenvalue weighted by molar-refractivity contribution is 0.0965. The van der Waals surface area contributed by atoms with Crippen LogP contribution in [0.1, 0.15) is 16.2 Å². The Morgan fingerprint density at radius 2 is 2.20 bits per heavy atom. The molecule has 0 bridgehead atoms. The van der Waals surface area contributed by atoms with Crippen LogP contribution in [0, 0.1) is 0 Å². The molecule has 0 aromatic carbocycles. The predicted octanol–water partition coefficient (Wildman–Crippen LogP) is 2.75. The Hall–Kier alpha value is -1.61. The van der Waals surface area contributed by atoms with Gasteiger partial charge in [-0.15, -0.1) is 0 Å². The highest BCUT2D eigenvalue weighted by molar-refractivity contribution is 6.29. The Balaban J connectivity index is 2.11. The maximum Gasteiger partial charge on any atom is 0.203 e. The van der Waals surface area contributed by atoms with E-state index in [2.05, 4.69) is 4.98 Å². The van der Waals surface area contributed by atoms with Gasteiger partial charge in [-0.3, -0.25) is 9.78 Å². The molecule has 2 aromatic heterocycles. The third kappa shape index (κ3) is 2.44. The van der Waals surface area contributed by atoms with Gasteiger partial charge in [0.25, 0.3) is 0 Å². The molecule has 0 spiro atoms. The van der Waals surface area contributed by atoms with Crippen molar-refractivity contribution in [2.24, 2.45) is 0 Å². The summed E-state index contributed by atoms with van der Waals surface area (Å²) in [4.78, 5) is 15.7. The summed E-state index contributed by atoms with van der Waals surface area (Å²) in [5.74, 6) is 0.145. The zero-order chi connectivity index (χ0) is 10.7. The highest BCUT2D eigenvalue weighted by Gasteiger charge is 2.11. The zero-order valence-corrected chi connectivity index (χ0v) is 8.57. The number of pyridine rings is 1. The number of nitrogens with zero attached hydrogens (tertiary/aromatic N) is 1. The van der Waals surface area contributed by atoms with E-state index in [1.807, 2.05) is 6.07 Å². The molecule has 0 saturated carbocycles. The van der Waals surface area contributed by atoms with Crippen LogP contribution in [0.5, 0.6) is 0 Å². The lowest BCUT2D eigenvalue weighted by Gasteiger charge is -1.96. The van der Waals surface area contributed by atoms with Crippen molar-refractivity contribution < 1.29 is 9.21 Å². The lowest BCUT2D eigenvalue weighted by atomic mass is 10.2. The highest BCUT2D eigenvalue weighted by atomic mass is 35.5.